The van der Waals surface area contributed by atoms with E-state index in [9.17, 15) is 22.9 Å². The number of carbonyl (C=O) groups is 1. The topological polar surface area (TPSA) is 104 Å². The first-order valence-electron chi connectivity index (χ1n) is 14.0. The highest BCUT2D eigenvalue weighted by molar-refractivity contribution is 7.95. The lowest BCUT2D eigenvalue weighted by Gasteiger charge is -2.28. The lowest BCUT2D eigenvalue weighted by atomic mass is 9.79. The number of hydrogen-bond donors (Lipinski definition) is 1. The van der Waals surface area contributed by atoms with Gasteiger partial charge in [-0.3, -0.25) is 4.79 Å². The second-order valence-electron chi connectivity index (χ2n) is 12.6. The van der Waals surface area contributed by atoms with Crippen LogP contribution in [0.25, 0.3) is 0 Å². The molecule has 1 N–H and O–H groups in total. The number of carbonyl (C=O) groups excluding carboxylic acids is 1. The molecule has 4 aromatic rings. The van der Waals surface area contributed by atoms with Crippen LogP contribution in [0.1, 0.15) is 59.6 Å². The van der Waals surface area contributed by atoms with E-state index >= 15 is 0 Å². The van der Waals surface area contributed by atoms with Crippen molar-refractivity contribution in [3.8, 4) is 11.5 Å². The molecule has 0 aliphatic heterocycles. The van der Waals surface area contributed by atoms with Crippen molar-refractivity contribution in [2.75, 3.05) is 6.66 Å². The van der Waals surface area contributed by atoms with Crippen LogP contribution >= 0.6 is 7.26 Å². The maximum absolute atomic E-state index is 11.3. The predicted octanol–water partition coefficient (Wildman–Crippen LogP) is 6.43. The molecule has 0 saturated carbocycles. The molecule has 4 rings (SSSR count). The van der Waals surface area contributed by atoms with Crippen LogP contribution in [-0.4, -0.2) is 30.7 Å². The fourth-order valence-electron chi connectivity index (χ4n) is 4.77. The van der Waals surface area contributed by atoms with E-state index in [0.29, 0.717) is 16.9 Å². The number of phenolic OH excluding ortho intramolecular Hbond substituents is 1. The van der Waals surface area contributed by atoms with Crippen molar-refractivity contribution < 1.29 is 27.6 Å². The molecule has 0 spiro atoms. The van der Waals surface area contributed by atoms with E-state index in [2.05, 4.69) is 67.3 Å². The summed E-state index contributed by atoms with van der Waals surface area (Å²) >= 11 is 0. The predicted molar refractivity (Wildman–Crippen MR) is 176 cm³/mol. The third kappa shape index (κ3) is 8.32. The maximum Gasteiger partial charge on any atom is 0.308 e. The summed E-state index contributed by atoms with van der Waals surface area (Å²) < 4.78 is 39.0. The molecule has 0 aliphatic rings. The summed E-state index contributed by atoms with van der Waals surface area (Å²) in [6.07, 6.45) is 0. The molecule has 0 unspecified atom stereocenters. The van der Waals surface area contributed by atoms with Crippen molar-refractivity contribution in [1.29, 1.82) is 0 Å². The number of phenols is 1. The largest absolute Gasteiger partial charge is 0.744 e. The minimum Gasteiger partial charge on any atom is -0.744 e. The number of benzene rings is 4. The Morgan fingerprint density at radius 2 is 1.09 bits per heavy atom. The van der Waals surface area contributed by atoms with Crippen LogP contribution in [0.4, 0.5) is 0 Å². The van der Waals surface area contributed by atoms with Crippen molar-refractivity contribution in [2.24, 2.45) is 0 Å². The highest BCUT2D eigenvalue weighted by Gasteiger charge is 2.40. The summed E-state index contributed by atoms with van der Waals surface area (Å²) in [6.45, 7) is 14.9. The number of rotatable bonds is 5. The van der Waals surface area contributed by atoms with Crippen LogP contribution in [0.15, 0.2) is 102 Å². The zero-order valence-electron chi connectivity index (χ0n) is 26.1. The van der Waals surface area contributed by atoms with Crippen LogP contribution in [0.3, 0.4) is 0 Å². The molecule has 4 aromatic carbocycles. The molecule has 0 fully saturated rings. The molecule has 0 bridgehead atoms. The van der Waals surface area contributed by atoms with Gasteiger partial charge in [0.15, 0.2) is 0 Å². The number of hydrogen-bond acceptors (Lipinski definition) is 6. The summed E-state index contributed by atoms with van der Waals surface area (Å²) in [7, 11) is -6.27. The average molecular weight is 621 g/mol. The highest BCUT2D eigenvalue weighted by atomic mass is 32.2. The summed E-state index contributed by atoms with van der Waals surface area (Å²) in [5, 5.41) is 14.3. The SMILES string of the molecule is CC(=O)Oc1ccc([P+](C)(c2ccccc2)c2ccccc2)cc1.CC(C)(C)c1cc(S(=O)(=O)[O-])cc(C(C)(C)C)c1O. The van der Waals surface area contributed by atoms with Crippen molar-refractivity contribution in [2.45, 2.75) is 64.2 Å². The fourth-order valence-corrected chi connectivity index (χ4v) is 8.47. The van der Waals surface area contributed by atoms with E-state index in [1.54, 1.807) is 0 Å². The van der Waals surface area contributed by atoms with Crippen LogP contribution in [0, 0.1) is 0 Å². The quantitative estimate of drug-likeness (QED) is 0.119. The monoisotopic (exact) mass is 620 g/mol. The van der Waals surface area contributed by atoms with Crippen molar-refractivity contribution in [3.63, 3.8) is 0 Å². The van der Waals surface area contributed by atoms with Crippen LogP contribution in [-0.2, 0) is 25.7 Å². The van der Waals surface area contributed by atoms with E-state index in [0.717, 1.165) is 0 Å². The summed E-state index contributed by atoms with van der Waals surface area (Å²) in [6, 6.07) is 31.7. The maximum atomic E-state index is 11.3. The van der Waals surface area contributed by atoms with E-state index < -0.39 is 28.2 Å². The average Bonchev–Trinajstić information content (AvgIpc) is 2.92. The van der Waals surface area contributed by atoms with Crippen molar-refractivity contribution in [1.82, 2.24) is 0 Å². The minimum atomic E-state index is -4.55. The smallest absolute Gasteiger partial charge is 0.308 e. The standard InChI is InChI=1S/C21H20O2P.C14H22O4S/c1-17(22)23-18-13-15-21(16-14-18)24(2,19-9-5-3-6-10-19)20-11-7-4-8-12-20;1-13(2,3)10-7-9(19(16,17)18)8-11(12(10)15)14(4,5)6/h3-16H,1-2H3;7-8,15H,1-6H3,(H,16,17,18)/q+1;/p-1. The van der Waals surface area contributed by atoms with Gasteiger partial charge in [0.2, 0.25) is 0 Å². The van der Waals surface area contributed by atoms with Gasteiger partial charge in [-0.25, -0.2) is 8.42 Å². The third-order valence-electron chi connectivity index (χ3n) is 7.15. The van der Waals surface area contributed by atoms with Gasteiger partial charge in [0.25, 0.3) is 0 Å². The molecule has 0 atom stereocenters. The number of aromatic hydroxyl groups is 1. The third-order valence-corrected chi connectivity index (χ3v) is 12.0. The van der Waals surface area contributed by atoms with Crippen molar-refractivity contribution >= 4 is 39.3 Å². The molecule has 0 aromatic heterocycles. The van der Waals surface area contributed by atoms with E-state index in [-0.39, 0.29) is 16.6 Å². The Balaban J connectivity index is 0.000000243. The number of ether oxygens (including phenoxy) is 1. The summed E-state index contributed by atoms with van der Waals surface area (Å²) in [4.78, 5) is 10.8. The van der Waals surface area contributed by atoms with Gasteiger partial charge in [-0.15, -0.1) is 0 Å². The molecule has 6 nitrogen and oxygen atoms in total. The Hall–Kier alpha value is -3.51. The highest BCUT2D eigenvalue weighted by Crippen LogP contribution is 2.51. The lowest BCUT2D eigenvalue weighted by molar-refractivity contribution is -0.131. The first-order chi connectivity index (χ1) is 19.8. The minimum absolute atomic E-state index is 0.0624. The normalized spacial score (nSPS) is 12.2. The van der Waals surface area contributed by atoms with Gasteiger partial charge >= 0.3 is 5.97 Å². The van der Waals surface area contributed by atoms with Crippen molar-refractivity contribution in [3.05, 3.63) is 108 Å². The zero-order valence-corrected chi connectivity index (χ0v) is 27.8. The van der Waals surface area contributed by atoms with Gasteiger partial charge < -0.3 is 14.4 Å². The second kappa shape index (κ2) is 13.0. The van der Waals surface area contributed by atoms with Gasteiger partial charge in [0.05, 0.1) is 11.6 Å². The first-order valence-corrected chi connectivity index (χ1v) is 17.6. The van der Waals surface area contributed by atoms with E-state index in [1.165, 1.54) is 35.0 Å². The van der Waals surface area contributed by atoms with E-state index in [4.69, 9.17) is 4.74 Å². The molecule has 0 aliphatic carbocycles. The first kappa shape index (κ1) is 34.0. The molecule has 0 amide bonds. The fraction of sp³-hybridized carbons (Fsp3) is 0.286. The van der Waals surface area contributed by atoms with Gasteiger partial charge in [0, 0.05) is 18.1 Å². The Kier molecular flexibility index (Phi) is 10.3. The zero-order chi connectivity index (χ0) is 32.2. The molecular formula is C35H41O6PS. The summed E-state index contributed by atoms with van der Waals surface area (Å²) in [5.74, 6) is 0.345. The van der Waals surface area contributed by atoms with Gasteiger partial charge in [-0.05, 0) is 71.5 Å². The molecule has 0 radical (unpaired) electrons. The van der Waals surface area contributed by atoms with Gasteiger partial charge in [-0.2, -0.15) is 0 Å². The Morgan fingerprint density at radius 1 is 0.721 bits per heavy atom. The molecule has 228 valence electrons. The Morgan fingerprint density at radius 3 is 1.42 bits per heavy atom. The van der Waals surface area contributed by atoms with Gasteiger partial charge in [-0.1, -0.05) is 77.9 Å². The molecule has 8 heteroatoms. The second-order valence-corrected chi connectivity index (χ2v) is 17.5. The van der Waals surface area contributed by atoms with E-state index in [1.807, 2.05) is 65.8 Å². The molecule has 0 heterocycles. The number of esters is 1. The summed E-state index contributed by atoms with van der Waals surface area (Å²) in [5.41, 5.74) is 0.0268. The Labute approximate surface area is 256 Å². The van der Waals surface area contributed by atoms with Crippen LogP contribution in [0.5, 0.6) is 11.5 Å². The van der Waals surface area contributed by atoms with Crippen LogP contribution in [0.2, 0.25) is 0 Å². The molecular weight excluding hydrogens is 579 g/mol. The lowest BCUT2D eigenvalue weighted by Crippen LogP contribution is -2.30. The molecule has 0 saturated heterocycles. The molecule has 43 heavy (non-hydrogen) atoms. The van der Waals surface area contributed by atoms with Gasteiger partial charge in [0.1, 0.15) is 44.8 Å². The Bertz CT molecular complexity index is 1580. The van der Waals surface area contributed by atoms with Crippen LogP contribution < -0.4 is 20.7 Å².